The number of nitrogens with zero attached hydrogens (tertiary/aromatic N) is 3. The third-order valence-corrected chi connectivity index (χ3v) is 4.67. The van der Waals surface area contributed by atoms with Crippen LogP contribution >= 0.6 is 11.6 Å². The highest BCUT2D eigenvalue weighted by atomic mass is 35.5. The second kappa shape index (κ2) is 8.45. The summed E-state index contributed by atoms with van der Waals surface area (Å²) in [5.74, 6) is 0.0799. The van der Waals surface area contributed by atoms with Gasteiger partial charge in [-0.2, -0.15) is 4.98 Å². The zero-order valence-electron chi connectivity index (χ0n) is 16.3. The first-order valence-electron chi connectivity index (χ1n) is 9.12. The summed E-state index contributed by atoms with van der Waals surface area (Å²) in [4.78, 5) is 41.0. The van der Waals surface area contributed by atoms with E-state index in [0.29, 0.717) is 16.3 Å². The van der Waals surface area contributed by atoms with Crippen LogP contribution in [-0.4, -0.2) is 19.9 Å². The molecule has 0 saturated heterocycles. The third-order valence-electron chi connectivity index (χ3n) is 4.42. The lowest BCUT2D eigenvalue weighted by molar-refractivity contribution is 0.101. The van der Waals surface area contributed by atoms with Crippen LogP contribution in [-0.2, 0) is 6.54 Å². The summed E-state index contributed by atoms with van der Waals surface area (Å²) in [5.41, 5.74) is 0.922. The highest BCUT2D eigenvalue weighted by molar-refractivity contribution is 6.30. The molecular weight excluding hydrogens is 392 g/mol. The van der Waals surface area contributed by atoms with E-state index in [2.05, 4.69) is 10.3 Å². The number of aromatic nitrogens is 3. The second-order valence-electron chi connectivity index (χ2n) is 6.94. The number of ketones is 1. The van der Waals surface area contributed by atoms with Crippen LogP contribution in [0.5, 0.6) is 0 Å². The highest BCUT2D eigenvalue weighted by Gasteiger charge is 2.16. The van der Waals surface area contributed by atoms with Crippen molar-refractivity contribution in [2.75, 3.05) is 5.32 Å². The molecule has 0 amide bonds. The predicted molar refractivity (Wildman–Crippen MR) is 113 cm³/mol. The Morgan fingerprint density at radius 1 is 1.07 bits per heavy atom. The van der Waals surface area contributed by atoms with Crippen LogP contribution in [0, 0.1) is 0 Å². The first-order valence-corrected chi connectivity index (χ1v) is 9.50. The van der Waals surface area contributed by atoms with Crippen molar-refractivity contribution in [3.63, 3.8) is 0 Å². The van der Waals surface area contributed by atoms with Crippen LogP contribution in [0.1, 0.15) is 42.7 Å². The molecule has 0 atom stereocenters. The van der Waals surface area contributed by atoms with Crippen LogP contribution in [0.4, 0.5) is 11.6 Å². The van der Waals surface area contributed by atoms with Gasteiger partial charge in [-0.15, -0.1) is 0 Å². The van der Waals surface area contributed by atoms with E-state index in [9.17, 15) is 14.4 Å². The van der Waals surface area contributed by atoms with Gasteiger partial charge in [0.25, 0.3) is 0 Å². The molecule has 0 aliphatic rings. The average Bonchev–Trinajstić information content (AvgIpc) is 2.66. The maximum absolute atomic E-state index is 13.0. The van der Waals surface area contributed by atoms with Crippen molar-refractivity contribution in [3.8, 4) is 0 Å². The molecular formula is C21H21ClN4O3. The normalized spacial score (nSPS) is 10.9. The zero-order chi connectivity index (χ0) is 21.1. The molecule has 2 aromatic carbocycles. The lowest BCUT2D eigenvalue weighted by Crippen LogP contribution is -2.43. The molecule has 0 unspecified atom stereocenters. The molecule has 1 N–H and O–H groups in total. The molecule has 8 heteroatoms. The Bertz CT molecular complexity index is 1150. The Hall–Kier alpha value is -3.19. The summed E-state index contributed by atoms with van der Waals surface area (Å²) < 4.78 is 2.52. The Balaban J connectivity index is 2.06. The predicted octanol–water partition coefficient (Wildman–Crippen LogP) is 3.63. The number of anilines is 2. The lowest BCUT2D eigenvalue weighted by Gasteiger charge is -2.17. The molecule has 1 aromatic heterocycles. The van der Waals surface area contributed by atoms with E-state index in [-0.39, 0.29) is 24.3 Å². The largest absolute Gasteiger partial charge is 0.355 e. The van der Waals surface area contributed by atoms with Crippen LogP contribution in [0.3, 0.4) is 0 Å². The van der Waals surface area contributed by atoms with Crippen molar-refractivity contribution in [3.05, 3.63) is 85.6 Å². The van der Waals surface area contributed by atoms with Gasteiger partial charge >= 0.3 is 11.4 Å². The van der Waals surface area contributed by atoms with Gasteiger partial charge in [-0.05, 0) is 62.7 Å². The Morgan fingerprint density at radius 2 is 1.69 bits per heavy atom. The van der Waals surface area contributed by atoms with E-state index in [4.69, 9.17) is 11.6 Å². The molecule has 7 nitrogen and oxygen atoms in total. The summed E-state index contributed by atoms with van der Waals surface area (Å²) in [5, 5.41) is 3.61. The number of nitrogens with one attached hydrogen (secondary N) is 1. The molecule has 0 radical (unpaired) electrons. The Kier molecular flexibility index (Phi) is 5.98. The maximum Gasteiger partial charge on any atom is 0.355 e. The summed E-state index contributed by atoms with van der Waals surface area (Å²) in [6.45, 7) is 5.21. The van der Waals surface area contributed by atoms with E-state index in [1.807, 2.05) is 12.1 Å². The SMILES string of the molecule is CC(=O)c1ccc(Nc2nc(=O)n(C(C)C)c(=O)n2Cc2ccc(Cl)cc2)cc1. The molecule has 1 heterocycles. The number of rotatable bonds is 6. The number of Topliss-reactive ketones (excluding diaryl/α,β-unsaturated/α-hetero) is 1. The highest BCUT2D eigenvalue weighted by Crippen LogP contribution is 2.16. The minimum absolute atomic E-state index is 0.0474. The smallest absolute Gasteiger partial charge is 0.325 e. The number of carbonyl (C=O) groups is 1. The van der Waals surface area contributed by atoms with Gasteiger partial charge in [0.05, 0.1) is 6.54 Å². The minimum Gasteiger partial charge on any atom is -0.325 e. The molecule has 0 bridgehead atoms. The van der Waals surface area contributed by atoms with Crippen molar-refractivity contribution in [1.29, 1.82) is 0 Å². The van der Waals surface area contributed by atoms with Crippen molar-refractivity contribution >= 4 is 29.0 Å². The summed E-state index contributed by atoms with van der Waals surface area (Å²) in [7, 11) is 0. The molecule has 3 aromatic rings. The first-order chi connectivity index (χ1) is 13.8. The van der Waals surface area contributed by atoms with Gasteiger partial charge in [0, 0.05) is 22.3 Å². The van der Waals surface area contributed by atoms with E-state index in [0.717, 1.165) is 10.1 Å². The fourth-order valence-electron chi connectivity index (χ4n) is 2.88. The zero-order valence-corrected chi connectivity index (χ0v) is 17.1. The average molecular weight is 413 g/mol. The summed E-state index contributed by atoms with van der Waals surface area (Å²) in [6, 6.07) is 13.5. The number of hydrogen-bond acceptors (Lipinski definition) is 5. The Labute approximate surface area is 172 Å². The van der Waals surface area contributed by atoms with Gasteiger partial charge in [0.15, 0.2) is 5.78 Å². The van der Waals surface area contributed by atoms with Crippen LogP contribution in [0.2, 0.25) is 5.02 Å². The van der Waals surface area contributed by atoms with Crippen molar-refractivity contribution in [2.45, 2.75) is 33.4 Å². The fraction of sp³-hybridized carbons (Fsp3) is 0.238. The van der Waals surface area contributed by atoms with Gasteiger partial charge in [0.2, 0.25) is 5.95 Å². The molecule has 29 heavy (non-hydrogen) atoms. The topological polar surface area (TPSA) is 86.0 Å². The molecule has 0 fully saturated rings. The summed E-state index contributed by atoms with van der Waals surface area (Å²) in [6.07, 6.45) is 0. The molecule has 0 aliphatic carbocycles. The maximum atomic E-state index is 13.0. The van der Waals surface area contributed by atoms with E-state index < -0.39 is 11.4 Å². The van der Waals surface area contributed by atoms with Gasteiger partial charge in [-0.3, -0.25) is 9.36 Å². The van der Waals surface area contributed by atoms with Crippen LogP contribution in [0.25, 0.3) is 0 Å². The fourth-order valence-corrected chi connectivity index (χ4v) is 3.00. The van der Waals surface area contributed by atoms with E-state index in [1.165, 1.54) is 11.5 Å². The van der Waals surface area contributed by atoms with Crippen molar-refractivity contribution in [1.82, 2.24) is 14.1 Å². The second-order valence-corrected chi connectivity index (χ2v) is 7.37. The van der Waals surface area contributed by atoms with Crippen molar-refractivity contribution < 1.29 is 4.79 Å². The molecule has 150 valence electrons. The van der Waals surface area contributed by atoms with Gasteiger partial charge < -0.3 is 5.32 Å². The lowest BCUT2D eigenvalue weighted by atomic mass is 10.1. The van der Waals surface area contributed by atoms with Gasteiger partial charge in [0.1, 0.15) is 0 Å². The van der Waals surface area contributed by atoms with Gasteiger partial charge in [-0.1, -0.05) is 23.7 Å². The molecule has 0 saturated carbocycles. The molecule has 0 spiro atoms. The number of benzene rings is 2. The standard InChI is InChI=1S/C21H21ClN4O3/c1-13(2)26-20(28)24-19(23-18-10-6-16(7-11-18)14(3)27)25(21(26)29)12-15-4-8-17(22)9-5-15/h4-11,13H,12H2,1-3H3,(H,23,24,28). The van der Waals surface area contributed by atoms with Crippen molar-refractivity contribution in [2.24, 2.45) is 0 Å². The monoisotopic (exact) mass is 412 g/mol. The Morgan fingerprint density at radius 3 is 2.24 bits per heavy atom. The first kappa shape index (κ1) is 20.5. The minimum atomic E-state index is -0.625. The number of hydrogen-bond donors (Lipinski definition) is 1. The van der Waals surface area contributed by atoms with Crippen LogP contribution in [0.15, 0.2) is 58.1 Å². The van der Waals surface area contributed by atoms with E-state index >= 15 is 0 Å². The molecule has 0 aliphatic heterocycles. The number of carbonyl (C=O) groups excluding carboxylic acids is 1. The quantitative estimate of drug-likeness (QED) is 0.625. The van der Waals surface area contributed by atoms with Crippen LogP contribution < -0.4 is 16.7 Å². The number of halogens is 1. The molecule has 3 rings (SSSR count). The van der Waals surface area contributed by atoms with E-state index in [1.54, 1.807) is 50.2 Å². The summed E-state index contributed by atoms with van der Waals surface area (Å²) >= 11 is 5.94. The van der Waals surface area contributed by atoms with Gasteiger partial charge in [-0.25, -0.2) is 14.2 Å². The third kappa shape index (κ3) is 4.63.